The molecule has 0 aromatic carbocycles. The molecular weight excluding hydrogens is 292 g/mol. The van der Waals surface area contributed by atoms with E-state index in [0.717, 1.165) is 31.9 Å². The van der Waals surface area contributed by atoms with Crippen LogP contribution in [0.25, 0.3) is 0 Å². The van der Waals surface area contributed by atoms with E-state index < -0.39 is 11.2 Å². The Bertz CT molecular complexity index is 408. The Labute approximate surface area is 124 Å². The lowest BCUT2D eigenvalue weighted by molar-refractivity contribution is -0.124. The van der Waals surface area contributed by atoms with Crippen LogP contribution in [-0.4, -0.2) is 17.4 Å². The van der Waals surface area contributed by atoms with Crippen molar-refractivity contribution in [1.82, 2.24) is 4.98 Å². The van der Waals surface area contributed by atoms with Crippen LogP contribution in [0.5, 0.6) is 0 Å². The lowest BCUT2D eigenvalue weighted by atomic mass is 9.85. The summed E-state index contributed by atoms with van der Waals surface area (Å²) in [7, 11) is 0. The normalized spacial score (nSPS) is 16.1. The Kier molecular flexibility index (Phi) is 7.26. The molecule has 19 heavy (non-hydrogen) atoms. The van der Waals surface area contributed by atoms with Gasteiger partial charge in [-0.2, -0.15) is 0 Å². The molecule has 0 atom stereocenters. The third kappa shape index (κ3) is 4.03. The number of carbonyl (C=O) groups is 1. The fourth-order valence-electron chi connectivity index (χ4n) is 2.27. The lowest BCUT2D eigenvalue weighted by Crippen LogP contribution is -2.40. The summed E-state index contributed by atoms with van der Waals surface area (Å²) >= 11 is 0. The van der Waals surface area contributed by atoms with Crippen LogP contribution in [0.2, 0.25) is 0 Å². The zero-order valence-corrected chi connectivity index (χ0v) is 12.0. The number of anilines is 1. The van der Waals surface area contributed by atoms with Gasteiger partial charge in [-0.15, -0.1) is 24.8 Å². The summed E-state index contributed by atoms with van der Waals surface area (Å²) in [5.74, 6) is -0.148. The first-order valence-corrected chi connectivity index (χ1v) is 5.79. The van der Waals surface area contributed by atoms with Gasteiger partial charge in [0, 0.05) is 6.54 Å². The molecule has 1 aromatic rings. The highest BCUT2D eigenvalue weighted by Crippen LogP contribution is 2.37. The fourth-order valence-corrected chi connectivity index (χ4v) is 2.27. The van der Waals surface area contributed by atoms with Crippen molar-refractivity contribution in [2.24, 2.45) is 11.1 Å². The standard InChI is InChI=1S/C12H16FN3O.2ClH/c13-9-3-4-10(15-7-9)16-11(17)12(8-14)5-1-2-6-12;;/h3-4,7H,1-2,5-6,8,14H2,(H,15,16,17);2*1H. The van der Waals surface area contributed by atoms with Gasteiger partial charge in [0.05, 0.1) is 11.6 Å². The molecule has 4 nitrogen and oxygen atoms in total. The van der Waals surface area contributed by atoms with Crippen molar-refractivity contribution in [2.45, 2.75) is 25.7 Å². The van der Waals surface area contributed by atoms with Gasteiger partial charge in [-0.3, -0.25) is 4.79 Å². The van der Waals surface area contributed by atoms with E-state index in [2.05, 4.69) is 10.3 Å². The largest absolute Gasteiger partial charge is 0.329 e. The van der Waals surface area contributed by atoms with Crippen LogP contribution in [0.1, 0.15) is 25.7 Å². The molecule has 108 valence electrons. The van der Waals surface area contributed by atoms with Crippen molar-refractivity contribution >= 4 is 36.5 Å². The monoisotopic (exact) mass is 309 g/mol. The Morgan fingerprint density at radius 1 is 1.37 bits per heavy atom. The Hall–Kier alpha value is -0.910. The van der Waals surface area contributed by atoms with Gasteiger partial charge in [0.25, 0.3) is 0 Å². The van der Waals surface area contributed by atoms with E-state index in [0.29, 0.717) is 12.4 Å². The number of nitrogens with two attached hydrogens (primary N) is 1. The smallest absolute Gasteiger partial charge is 0.233 e. The number of nitrogens with one attached hydrogen (secondary N) is 1. The number of nitrogens with zero attached hydrogens (tertiary/aromatic N) is 1. The Morgan fingerprint density at radius 2 is 2.00 bits per heavy atom. The van der Waals surface area contributed by atoms with Crippen LogP contribution < -0.4 is 11.1 Å². The van der Waals surface area contributed by atoms with E-state index in [1.165, 1.54) is 12.1 Å². The topological polar surface area (TPSA) is 68.0 Å². The quantitative estimate of drug-likeness (QED) is 0.901. The van der Waals surface area contributed by atoms with Crippen molar-refractivity contribution in [1.29, 1.82) is 0 Å². The van der Waals surface area contributed by atoms with Crippen molar-refractivity contribution in [3.63, 3.8) is 0 Å². The SMILES string of the molecule is Cl.Cl.NCC1(C(=O)Nc2ccc(F)cn2)CCCC1. The van der Waals surface area contributed by atoms with Crippen LogP contribution in [0.15, 0.2) is 18.3 Å². The molecule has 0 aliphatic heterocycles. The van der Waals surface area contributed by atoms with Crippen LogP contribution >= 0.6 is 24.8 Å². The maximum absolute atomic E-state index is 12.7. The van der Waals surface area contributed by atoms with Gasteiger partial charge in [-0.1, -0.05) is 12.8 Å². The minimum absolute atomic E-state index is 0. The average molecular weight is 310 g/mol. The highest BCUT2D eigenvalue weighted by molar-refractivity contribution is 5.94. The zero-order chi connectivity index (χ0) is 12.3. The second-order valence-corrected chi connectivity index (χ2v) is 4.51. The molecule has 0 unspecified atom stereocenters. The highest BCUT2D eigenvalue weighted by Gasteiger charge is 2.39. The van der Waals surface area contributed by atoms with E-state index in [1.807, 2.05) is 0 Å². The van der Waals surface area contributed by atoms with E-state index in [4.69, 9.17) is 5.73 Å². The lowest BCUT2D eigenvalue weighted by Gasteiger charge is -2.25. The van der Waals surface area contributed by atoms with E-state index in [-0.39, 0.29) is 30.7 Å². The number of hydrogen-bond donors (Lipinski definition) is 2. The molecule has 1 aliphatic carbocycles. The van der Waals surface area contributed by atoms with Gasteiger partial charge < -0.3 is 11.1 Å². The molecule has 1 aromatic heterocycles. The summed E-state index contributed by atoms with van der Waals surface area (Å²) in [6.07, 6.45) is 4.77. The van der Waals surface area contributed by atoms with Crippen LogP contribution in [-0.2, 0) is 4.79 Å². The Balaban J connectivity index is 0.00000162. The zero-order valence-electron chi connectivity index (χ0n) is 10.4. The van der Waals surface area contributed by atoms with Crippen molar-refractivity contribution in [3.8, 4) is 0 Å². The van der Waals surface area contributed by atoms with Gasteiger partial charge in [0.15, 0.2) is 0 Å². The Morgan fingerprint density at radius 3 is 2.47 bits per heavy atom. The van der Waals surface area contributed by atoms with Gasteiger partial charge in [-0.05, 0) is 25.0 Å². The first-order valence-electron chi connectivity index (χ1n) is 5.79. The number of aromatic nitrogens is 1. The third-order valence-corrected chi connectivity index (χ3v) is 3.40. The number of hydrogen-bond acceptors (Lipinski definition) is 3. The van der Waals surface area contributed by atoms with Crippen LogP contribution in [0, 0.1) is 11.2 Å². The number of amides is 1. The number of pyridine rings is 1. The summed E-state index contributed by atoms with van der Waals surface area (Å²) in [4.78, 5) is 15.9. The predicted octanol–water partition coefficient (Wildman–Crippen LogP) is 2.52. The maximum Gasteiger partial charge on any atom is 0.233 e. The van der Waals surface area contributed by atoms with E-state index in [1.54, 1.807) is 0 Å². The molecule has 0 radical (unpaired) electrons. The molecule has 7 heteroatoms. The molecule has 1 amide bonds. The number of halogens is 3. The molecule has 1 heterocycles. The van der Waals surface area contributed by atoms with Gasteiger partial charge in [-0.25, -0.2) is 9.37 Å². The van der Waals surface area contributed by atoms with Gasteiger partial charge >= 0.3 is 0 Å². The van der Waals surface area contributed by atoms with E-state index >= 15 is 0 Å². The molecule has 2 rings (SSSR count). The summed E-state index contributed by atoms with van der Waals surface area (Å²) in [5.41, 5.74) is 5.24. The molecule has 1 saturated carbocycles. The second-order valence-electron chi connectivity index (χ2n) is 4.51. The first-order chi connectivity index (χ1) is 8.16. The van der Waals surface area contributed by atoms with Gasteiger partial charge in [0.1, 0.15) is 11.6 Å². The van der Waals surface area contributed by atoms with E-state index in [9.17, 15) is 9.18 Å². The fraction of sp³-hybridized carbons (Fsp3) is 0.500. The molecule has 1 aliphatic rings. The van der Waals surface area contributed by atoms with Crippen LogP contribution in [0.4, 0.5) is 10.2 Å². The molecule has 0 bridgehead atoms. The van der Waals surface area contributed by atoms with Crippen molar-refractivity contribution < 1.29 is 9.18 Å². The number of carbonyl (C=O) groups excluding carboxylic acids is 1. The summed E-state index contributed by atoms with van der Waals surface area (Å²) < 4.78 is 12.7. The highest BCUT2D eigenvalue weighted by atomic mass is 35.5. The molecule has 1 fully saturated rings. The van der Waals surface area contributed by atoms with Crippen LogP contribution in [0.3, 0.4) is 0 Å². The second kappa shape index (κ2) is 7.62. The third-order valence-electron chi connectivity index (χ3n) is 3.40. The molecule has 0 spiro atoms. The maximum atomic E-state index is 12.7. The molecular formula is C12H18Cl2FN3O. The molecule has 0 saturated heterocycles. The number of rotatable bonds is 3. The summed E-state index contributed by atoms with van der Waals surface area (Å²) in [5, 5.41) is 2.71. The average Bonchev–Trinajstić information content (AvgIpc) is 2.82. The predicted molar refractivity (Wildman–Crippen MR) is 77.3 cm³/mol. The summed E-state index contributed by atoms with van der Waals surface area (Å²) in [6.45, 7) is 0.347. The summed E-state index contributed by atoms with van der Waals surface area (Å²) in [6, 6.07) is 2.72. The minimum atomic E-state index is -0.462. The minimum Gasteiger partial charge on any atom is -0.329 e. The first kappa shape index (κ1) is 18.1. The van der Waals surface area contributed by atoms with Crippen molar-refractivity contribution in [2.75, 3.05) is 11.9 Å². The van der Waals surface area contributed by atoms with Gasteiger partial charge in [0.2, 0.25) is 5.91 Å². The van der Waals surface area contributed by atoms with Crippen molar-refractivity contribution in [3.05, 3.63) is 24.1 Å². The molecule has 3 N–H and O–H groups in total.